The summed E-state index contributed by atoms with van der Waals surface area (Å²) >= 11 is 0. The summed E-state index contributed by atoms with van der Waals surface area (Å²) < 4.78 is 0. The average Bonchev–Trinajstić information content (AvgIpc) is 2.81. The second-order valence-electron chi connectivity index (χ2n) is 7.62. The van der Waals surface area contributed by atoms with Crippen molar-refractivity contribution in [1.82, 2.24) is 0 Å². The van der Waals surface area contributed by atoms with Crippen LogP contribution < -0.4 is 0 Å². The number of carbonyl (C=O) groups is 2. The Bertz CT molecular complexity index is 1090. The molecule has 0 saturated carbocycles. The molecule has 0 saturated heterocycles. The van der Waals surface area contributed by atoms with E-state index in [1.54, 1.807) is 0 Å². The van der Waals surface area contributed by atoms with Crippen LogP contribution in [-0.4, -0.2) is 11.6 Å². The van der Waals surface area contributed by atoms with E-state index in [2.05, 4.69) is 0 Å². The molecule has 0 heterocycles. The molecule has 0 N–H and O–H groups in total. The largest absolute Gasteiger partial charge is 0.289 e. The zero-order valence-corrected chi connectivity index (χ0v) is 18.1. The summed E-state index contributed by atoms with van der Waals surface area (Å²) in [6.45, 7) is 6.04. The molecule has 0 atom stereocenters. The van der Waals surface area contributed by atoms with Gasteiger partial charge in [-0.2, -0.15) is 0 Å². The maximum atomic E-state index is 12.1. The monoisotopic (exact) mass is 406 g/mol. The minimum Gasteiger partial charge on any atom is -0.289 e. The second-order valence-corrected chi connectivity index (χ2v) is 7.62. The van der Waals surface area contributed by atoms with E-state index in [0.29, 0.717) is 0 Å². The number of benzene rings is 4. The SMILES string of the molecule is Cc1ccc(C(=O)c2ccc(C)cc2)cc1.Cc1ccc(C(=O)c2ccccc2)cc1. The lowest BCUT2D eigenvalue weighted by Crippen LogP contribution is -2.00. The summed E-state index contributed by atoms with van der Waals surface area (Å²) in [6, 6.07) is 32.3. The van der Waals surface area contributed by atoms with Crippen molar-refractivity contribution in [3.8, 4) is 0 Å². The Morgan fingerprint density at radius 2 is 0.645 bits per heavy atom. The van der Waals surface area contributed by atoms with Crippen LogP contribution in [-0.2, 0) is 0 Å². The predicted molar refractivity (Wildman–Crippen MR) is 127 cm³/mol. The quantitative estimate of drug-likeness (QED) is 0.351. The van der Waals surface area contributed by atoms with Crippen molar-refractivity contribution < 1.29 is 9.59 Å². The van der Waals surface area contributed by atoms with Crippen molar-refractivity contribution in [3.63, 3.8) is 0 Å². The number of carbonyl (C=O) groups excluding carboxylic acids is 2. The van der Waals surface area contributed by atoms with Gasteiger partial charge >= 0.3 is 0 Å². The third kappa shape index (κ3) is 6.10. The molecule has 154 valence electrons. The minimum absolute atomic E-state index is 0.0793. The first kappa shape index (κ1) is 21.9. The van der Waals surface area contributed by atoms with Crippen LogP contribution in [0.4, 0.5) is 0 Å². The standard InChI is InChI=1S/C15H14O.C14H12O/c1-11-3-7-13(8-4-11)15(16)14-9-5-12(2)6-10-14;1-11-7-9-13(10-8-11)14(15)12-5-3-2-4-6-12/h3-10H,1-2H3;2-10H,1H3. The highest BCUT2D eigenvalue weighted by Crippen LogP contribution is 2.12. The first-order chi connectivity index (χ1) is 14.9. The van der Waals surface area contributed by atoms with E-state index in [-0.39, 0.29) is 11.6 Å². The van der Waals surface area contributed by atoms with Crippen LogP contribution in [0.15, 0.2) is 103 Å². The lowest BCUT2D eigenvalue weighted by molar-refractivity contribution is 0.103. The van der Waals surface area contributed by atoms with Crippen LogP contribution >= 0.6 is 0 Å². The molecular formula is C29H26O2. The molecule has 0 unspecified atom stereocenters. The van der Waals surface area contributed by atoms with Crippen LogP contribution in [0.25, 0.3) is 0 Å². The van der Waals surface area contributed by atoms with Gasteiger partial charge in [-0.05, 0) is 20.8 Å². The average molecular weight is 407 g/mol. The van der Waals surface area contributed by atoms with Crippen molar-refractivity contribution in [2.45, 2.75) is 20.8 Å². The summed E-state index contributed by atoms with van der Waals surface area (Å²) in [5.74, 6) is 0.163. The van der Waals surface area contributed by atoms with E-state index in [9.17, 15) is 9.59 Å². The lowest BCUT2D eigenvalue weighted by atomic mass is 10.0. The molecule has 0 aromatic heterocycles. The highest BCUT2D eigenvalue weighted by atomic mass is 16.1. The molecule has 0 radical (unpaired) electrons. The van der Waals surface area contributed by atoms with Gasteiger partial charge in [0.05, 0.1) is 0 Å². The number of ketones is 2. The molecule has 0 aliphatic carbocycles. The lowest BCUT2D eigenvalue weighted by Gasteiger charge is -2.02. The van der Waals surface area contributed by atoms with Crippen LogP contribution in [0.2, 0.25) is 0 Å². The molecule has 2 heteroatoms. The number of rotatable bonds is 4. The highest BCUT2D eigenvalue weighted by Gasteiger charge is 2.08. The normalized spacial score (nSPS) is 10.0. The zero-order valence-electron chi connectivity index (χ0n) is 18.1. The maximum Gasteiger partial charge on any atom is 0.193 e. The van der Waals surface area contributed by atoms with Crippen molar-refractivity contribution in [2.75, 3.05) is 0 Å². The molecular weight excluding hydrogens is 380 g/mol. The van der Waals surface area contributed by atoms with E-state index in [1.165, 1.54) is 16.7 Å². The molecule has 0 fully saturated rings. The summed E-state index contributed by atoms with van der Waals surface area (Å²) in [7, 11) is 0. The Labute approximate surface area is 184 Å². The minimum atomic E-state index is 0.0793. The third-order valence-corrected chi connectivity index (χ3v) is 4.98. The fourth-order valence-corrected chi connectivity index (χ4v) is 3.04. The highest BCUT2D eigenvalue weighted by molar-refractivity contribution is 6.09. The summed E-state index contributed by atoms with van der Waals surface area (Å²) in [5.41, 5.74) is 6.47. The van der Waals surface area contributed by atoms with Crippen molar-refractivity contribution in [3.05, 3.63) is 142 Å². The van der Waals surface area contributed by atoms with Crippen LogP contribution in [0.3, 0.4) is 0 Å². The van der Waals surface area contributed by atoms with Crippen LogP contribution in [0.1, 0.15) is 48.5 Å². The zero-order chi connectivity index (χ0) is 22.2. The first-order valence-electron chi connectivity index (χ1n) is 10.3. The Balaban J connectivity index is 0.000000176. The van der Waals surface area contributed by atoms with E-state index in [0.717, 1.165) is 22.3 Å². The van der Waals surface area contributed by atoms with E-state index in [4.69, 9.17) is 0 Å². The smallest absolute Gasteiger partial charge is 0.193 e. The molecule has 0 spiro atoms. The van der Waals surface area contributed by atoms with E-state index < -0.39 is 0 Å². The Kier molecular flexibility index (Phi) is 7.29. The van der Waals surface area contributed by atoms with E-state index >= 15 is 0 Å². The van der Waals surface area contributed by atoms with Crippen molar-refractivity contribution >= 4 is 11.6 Å². The summed E-state index contributed by atoms with van der Waals surface area (Å²) in [5, 5.41) is 0. The second kappa shape index (κ2) is 10.3. The van der Waals surface area contributed by atoms with Crippen molar-refractivity contribution in [2.24, 2.45) is 0 Å². The van der Waals surface area contributed by atoms with Crippen LogP contribution in [0, 0.1) is 20.8 Å². The number of aryl methyl sites for hydroxylation is 3. The molecule has 4 aromatic rings. The van der Waals surface area contributed by atoms with Gasteiger partial charge in [0, 0.05) is 22.3 Å². The van der Waals surface area contributed by atoms with Gasteiger partial charge in [-0.3, -0.25) is 9.59 Å². The molecule has 0 amide bonds. The predicted octanol–water partition coefficient (Wildman–Crippen LogP) is 6.76. The summed E-state index contributed by atoms with van der Waals surface area (Å²) in [4.78, 5) is 24.0. The Morgan fingerprint density at radius 3 is 0.935 bits per heavy atom. The molecule has 0 bridgehead atoms. The van der Waals surface area contributed by atoms with Gasteiger partial charge in [0.15, 0.2) is 11.6 Å². The first-order valence-corrected chi connectivity index (χ1v) is 10.3. The maximum absolute atomic E-state index is 12.1. The third-order valence-electron chi connectivity index (χ3n) is 4.98. The van der Waals surface area contributed by atoms with E-state index in [1.807, 2.05) is 124 Å². The van der Waals surface area contributed by atoms with Gasteiger partial charge in [0.2, 0.25) is 0 Å². The Morgan fingerprint density at radius 1 is 0.387 bits per heavy atom. The molecule has 2 nitrogen and oxygen atoms in total. The molecule has 4 aromatic carbocycles. The van der Waals surface area contributed by atoms with Gasteiger partial charge in [-0.1, -0.05) is 120 Å². The van der Waals surface area contributed by atoms with Gasteiger partial charge in [-0.15, -0.1) is 0 Å². The van der Waals surface area contributed by atoms with Crippen LogP contribution in [0.5, 0.6) is 0 Å². The fourth-order valence-electron chi connectivity index (χ4n) is 3.04. The molecule has 4 rings (SSSR count). The van der Waals surface area contributed by atoms with Gasteiger partial charge in [0.1, 0.15) is 0 Å². The fraction of sp³-hybridized carbons (Fsp3) is 0.103. The molecule has 0 aliphatic rings. The number of hydrogen-bond acceptors (Lipinski definition) is 2. The topological polar surface area (TPSA) is 34.1 Å². The van der Waals surface area contributed by atoms with Gasteiger partial charge in [0.25, 0.3) is 0 Å². The van der Waals surface area contributed by atoms with Gasteiger partial charge in [-0.25, -0.2) is 0 Å². The summed E-state index contributed by atoms with van der Waals surface area (Å²) in [6.07, 6.45) is 0. The molecule has 0 aliphatic heterocycles. The number of hydrogen-bond donors (Lipinski definition) is 0. The Hall–Kier alpha value is -3.78. The molecule has 31 heavy (non-hydrogen) atoms. The van der Waals surface area contributed by atoms with Crippen molar-refractivity contribution in [1.29, 1.82) is 0 Å². The van der Waals surface area contributed by atoms with Gasteiger partial charge < -0.3 is 0 Å².